The number of rotatable bonds is 5. The molecule has 4 rings (SSSR count). The summed E-state index contributed by atoms with van der Waals surface area (Å²) in [4.78, 5) is 17.3. The second kappa shape index (κ2) is 9.76. The van der Waals surface area contributed by atoms with Crippen molar-refractivity contribution < 1.29 is 22.7 Å². The number of anilines is 1. The Morgan fingerprint density at radius 2 is 1.62 bits per heavy atom. The number of benzene rings is 2. The number of hydrogen-bond acceptors (Lipinski definition) is 3. The van der Waals surface area contributed by atoms with Crippen LogP contribution in [0.2, 0.25) is 0 Å². The van der Waals surface area contributed by atoms with Gasteiger partial charge in [0, 0.05) is 17.5 Å². The van der Waals surface area contributed by atoms with Crippen LogP contribution in [0.3, 0.4) is 0 Å². The third-order valence-corrected chi connectivity index (χ3v) is 6.06. The number of nitrogens with one attached hydrogen (secondary N) is 1. The lowest BCUT2D eigenvalue weighted by Crippen LogP contribution is -2.15. The summed E-state index contributed by atoms with van der Waals surface area (Å²) in [7, 11) is 0. The molecule has 2 aromatic heterocycles. The van der Waals surface area contributed by atoms with Crippen molar-refractivity contribution in [3.8, 4) is 17.3 Å². The Hall–Kier alpha value is -4.07. The molecule has 0 spiro atoms. The average molecular weight is 508 g/mol. The molecular formula is C29H28F3N3O2. The standard InChI is InChI=1S/C29H28F3N3O2/c1-18-16-23(19(2)35(18)25-9-7-6-8-24(25)29(30,31)32)27(36)34-21-12-15-26(33-17-21)37-22-13-10-20(11-14-22)28(3,4)5/h6-17H,1-5H3,(H,34,36). The van der Waals surface area contributed by atoms with Gasteiger partial charge in [-0.15, -0.1) is 0 Å². The number of nitrogens with zero attached hydrogens (tertiary/aromatic N) is 2. The first-order chi connectivity index (χ1) is 17.3. The molecule has 0 unspecified atom stereocenters. The number of carbonyl (C=O) groups excluding carboxylic acids is 1. The van der Waals surface area contributed by atoms with Crippen LogP contribution < -0.4 is 10.1 Å². The molecule has 37 heavy (non-hydrogen) atoms. The summed E-state index contributed by atoms with van der Waals surface area (Å²) >= 11 is 0. The molecule has 0 saturated heterocycles. The second-order valence-electron chi connectivity index (χ2n) is 9.85. The lowest BCUT2D eigenvalue weighted by molar-refractivity contribution is -0.137. The van der Waals surface area contributed by atoms with E-state index in [0.29, 0.717) is 28.7 Å². The van der Waals surface area contributed by atoms with Crippen molar-refractivity contribution in [2.45, 2.75) is 46.2 Å². The molecule has 192 valence electrons. The van der Waals surface area contributed by atoms with Crippen LogP contribution in [-0.4, -0.2) is 15.5 Å². The normalized spacial score (nSPS) is 11.9. The van der Waals surface area contributed by atoms with Crippen LogP contribution >= 0.6 is 0 Å². The van der Waals surface area contributed by atoms with E-state index in [1.807, 2.05) is 24.3 Å². The summed E-state index contributed by atoms with van der Waals surface area (Å²) in [5.74, 6) is 0.560. The highest BCUT2D eigenvalue weighted by Crippen LogP contribution is 2.35. The molecule has 1 amide bonds. The predicted molar refractivity (Wildman–Crippen MR) is 138 cm³/mol. The van der Waals surface area contributed by atoms with Crippen LogP contribution in [0.4, 0.5) is 18.9 Å². The molecule has 0 aliphatic rings. The minimum absolute atomic E-state index is 0.0252. The maximum atomic E-state index is 13.6. The molecule has 0 aliphatic heterocycles. The summed E-state index contributed by atoms with van der Waals surface area (Å²) in [5.41, 5.74) is 2.05. The highest BCUT2D eigenvalue weighted by molar-refractivity contribution is 6.05. The van der Waals surface area contributed by atoms with E-state index in [1.165, 1.54) is 34.5 Å². The molecule has 0 radical (unpaired) electrons. The second-order valence-corrected chi connectivity index (χ2v) is 9.85. The van der Waals surface area contributed by atoms with Gasteiger partial charge in [-0.2, -0.15) is 13.2 Å². The zero-order valence-corrected chi connectivity index (χ0v) is 21.3. The van der Waals surface area contributed by atoms with E-state index < -0.39 is 17.6 Å². The minimum Gasteiger partial charge on any atom is -0.439 e. The molecule has 0 aliphatic carbocycles. The number of halogens is 3. The predicted octanol–water partition coefficient (Wildman–Crippen LogP) is 7.85. The fourth-order valence-corrected chi connectivity index (χ4v) is 4.13. The van der Waals surface area contributed by atoms with Crippen molar-refractivity contribution in [1.29, 1.82) is 0 Å². The van der Waals surface area contributed by atoms with Gasteiger partial charge in [-0.1, -0.05) is 45.0 Å². The van der Waals surface area contributed by atoms with Gasteiger partial charge in [0.1, 0.15) is 5.75 Å². The van der Waals surface area contributed by atoms with Gasteiger partial charge in [-0.25, -0.2) is 4.98 Å². The first-order valence-electron chi connectivity index (χ1n) is 11.8. The van der Waals surface area contributed by atoms with E-state index in [4.69, 9.17) is 4.74 Å². The van der Waals surface area contributed by atoms with Crippen molar-refractivity contribution in [3.05, 3.63) is 101 Å². The molecule has 0 fully saturated rings. The summed E-state index contributed by atoms with van der Waals surface area (Å²) in [6.45, 7) is 9.69. The molecule has 0 saturated carbocycles. The van der Waals surface area contributed by atoms with E-state index in [0.717, 1.165) is 6.07 Å². The van der Waals surface area contributed by atoms with Crippen molar-refractivity contribution >= 4 is 11.6 Å². The van der Waals surface area contributed by atoms with Crippen LogP contribution in [-0.2, 0) is 11.6 Å². The lowest BCUT2D eigenvalue weighted by Gasteiger charge is -2.19. The average Bonchev–Trinajstić information content (AvgIpc) is 3.13. The summed E-state index contributed by atoms with van der Waals surface area (Å²) < 4.78 is 48.0. The van der Waals surface area contributed by atoms with Crippen molar-refractivity contribution in [2.75, 3.05) is 5.32 Å². The molecule has 1 N–H and O–H groups in total. The highest BCUT2D eigenvalue weighted by Gasteiger charge is 2.34. The van der Waals surface area contributed by atoms with Gasteiger partial charge in [0.15, 0.2) is 0 Å². The number of pyridine rings is 1. The molecule has 2 aromatic carbocycles. The number of hydrogen-bond donors (Lipinski definition) is 1. The molecule has 5 nitrogen and oxygen atoms in total. The van der Waals surface area contributed by atoms with Crippen LogP contribution in [0.1, 0.15) is 53.6 Å². The molecule has 2 heterocycles. The SMILES string of the molecule is Cc1cc(C(=O)Nc2ccc(Oc3ccc(C(C)(C)C)cc3)nc2)c(C)n1-c1ccccc1C(F)(F)F. The topological polar surface area (TPSA) is 56.1 Å². The van der Waals surface area contributed by atoms with E-state index >= 15 is 0 Å². The van der Waals surface area contributed by atoms with Crippen LogP contribution in [0.5, 0.6) is 11.6 Å². The number of aromatic nitrogens is 2. The quantitative estimate of drug-likeness (QED) is 0.299. The van der Waals surface area contributed by atoms with Gasteiger partial charge in [0.05, 0.1) is 28.7 Å². The molecular weight excluding hydrogens is 479 g/mol. The van der Waals surface area contributed by atoms with Crippen LogP contribution in [0, 0.1) is 13.8 Å². The minimum atomic E-state index is -4.52. The lowest BCUT2D eigenvalue weighted by atomic mass is 9.87. The number of carbonyl (C=O) groups is 1. The van der Waals surface area contributed by atoms with Gasteiger partial charge in [-0.05, 0) is 61.2 Å². The van der Waals surface area contributed by atoms with E-state index in [9.17, 15) is 18.0 Å². The number of amides is 1. The Labute approximate surface area is 213 Å². The Balaban J connectivity index is 1.50. The van der Waals surface area contributed by atoms with E-state index in [1.54, 1.807) is 32.0 Å². The van der Waals surface area contributed by atoms with Gasteiger partial charge >= 0.3 is 6.18 Å². The number of ether oxygens (including phenoxy) is 1. The Morgan fingerprint density at radius 3 is 2.22 bits per heavy atom. The monoisotopic (exact) mass is 507 g/mol. The third-order valence-electron chi connectivity index (χ3n) is 6.06. The zero-order chi connectivity index (χ0) is 27.0. The van der Waals surface area contributed by atoms with Gasteiger partial charge in [0.2, 0.25) is 5.88 Å². The number of aryl methyl sites for hydroxylation is 1. The van der Waals surface area contributed by atoms with Gasteiger partial charge in [-0.3, -0.25) is 4.79 Å². The highest BCUT2D eigenvalue weighted by atomic mass is 19.4. The van der Waals surface area contributed by atoms with Gasteiger partial charge < -0.3 is 14.6 Å². The fourth-order valence-electron chi connectivity index (χ4n) is 4.13. The first-order valence-corrected chi connectivity index (χ1v) is 11.8. The maximum absolute atomic E-state index is 13.6. The summed E-state index contributed by atoms with van der Waals surface area (Å²) in [6, 6.07) is 17.9. The number of para-hydroxylation sites is 1. The summed E-state index contributed by atoms with van der Waals surface area (Å²) in [6.07, 6.45) is -3.05. The Morgan fingerprint density at radius 1 is 0.946 bits per heavy atom. The first kappa shape index (κ1) is 26.0. The Bertz CT molecular complexity index is 1420. The Kier molecular flexibility index (Phi) is 6.86. The molecule has 4 aromatic rings. The van der Waals surface area contributed by atoms with Gasteiger partial charge in [0.25, 0.3) is 5.91 Å². The molecule has 8 heteroatoms. The number of alkyl halides is 3. The molecule has 0 atom stereocenters. The van der Waals surface area contributed by atoms with E-state index in [2.05, 4.69) is 31.1 Å². The van der Waals surface area contributed by atoms with Crippen molar-refractivity contribution in [2.24, 2.45) is 0 Å². The fraction of sp³-hybridized carbons (Fsp3) is 0.241. The van der Waals surface area contributed by atoms with Crippen LogP contribution in [0.25, 0.3) is 5.69 Å². The largest absolute Gasteiger partial charge is 0.439 e. The smallest absolute Gasteiger partial charge is 0.418 e. The maximum Gasteiger partial charge on any atom is 0.418 e. The van der Waals surface area contributed by atoms with Crippen molar-refractivity contribution in [3.63, 3.8) is 0 Å². The van der Waals surface area contributed by atoms with Crippen LogP contribution in [0.15, 0.2) is 72.9 Å². The zero-order valence-electron chi connectivity index (χ0n) is 21.3. The van der Waals surface area contributed by atoms with E-state index in [-0.39, 0.29) is 16.7 Å². The van der Waals surface area contributed by atoms with Crippen molar-refractivity contribution in [1.82, 2.24) is 9.55 Å². The molecule has 0 bridgehead atoms. The third kappa shape index (κ3) is 5.69. The summed E-state index contributed by atoms with van der Waals surface area (Å²) in [5, 5.41) is 2.76.